The molecule has 0 bridgehead atoms. The normalized spacial score (nSPS) is 11.6. The molecule has 0 fully saturated rings. The molecule has 0 aliphatic heterocycles. The van der Waals surface area contributed by atoms with Gasteiger partial charge in [-0.05, 0) is 55.3 Å². The first-order chi connectivity index (χ1) is 21.4. The minimum atomic E-state index is -0.872. The van der Waals surface area contributed by atoms with Crippen molar-refractivity contribution < 1.29 is 28.6 Å². The number of nitrogens with one attached hydrogen (secondary N) is 1. The molecule has 0 saturated heterocycles. The standard InChI is InChI=1S/C34H26N4O6/c35-18-19-9-11-20(12-10-19)34-37-31-32-29(28-22-5-1-2-6-24(22)36-30(28)33(31)44-34)23-14-13-21(17-25(23)43-32)38(15-3-7-26(39)40)16-4-8-27(41)42/h1-2,5-6,9-14,17,36H,3-4,7-8,15-16H2,(H,39,40)(H,41,42). The minimum absolute atomic E-state index is 0.0204. The number of aliphatic carboxylic acids is 2. The number of carboxylic acids is 2. The number of rotatable bonds is 10. The van der Waals surface area contributed by atoms with E-state index in [2.05, 4.69) is 17.1 Å². The molecular weight excluding hydrogens is 560 g/mol. The first kappa shape index (κ1) is 27.0. The van der Waals surface area contributed by atoms with Crippen molar-refractivity contribution in [2.24, 2.45) is 0 Å². The van der Waals surface area contributed by atoms with Crippen molar-refractivity contribution in [3.05, 3.63) is 72.3 Å². The molecule has 10 nitrogen and oxygen atoms in total. The number of H-pyrrole nitrogens is 1. The van der Waals surface area contributed by atoms with Gasteiger partial charge in [-0.3, -0.25) is 9.59 Å². The van der Waals surface area contributed by atoms with Crippen molar-refractivity contribution in [1.29, 1.82) is 5.26 Å². The highest BCUT2D eigenvalue weighted by Crippen LogP contribution is 2.45. The third-order valence-electron chi connectivity index (χ3n) is 7.96. The maximum atomic E-state index is 11.2. The van der Waals surface area contributed by atoms with Gasteiger partial charge in [0.1, 0.15) is 5.58 Å². The summed E-state index contributed by atoms with van der Waals surface area (Å²) in [6.45, 7) is 0.928. The summed E-state index contributed by atoms with van der Waals surface area (Å²) < 4.78 is 12.9. The quantitative estimate of drug-likeness (QED) is 0.148. The number of aromatic nitrogens is 2. The molecule has 0 radical (unpaired) electrons. The van der Waals surface area contributed by atoms with E-state index in [1.165, 1.54) is 0 Å². The van der Waals surface area contributed by atoms with Crippen LogP contribution in [0.3, 0.4) is 0 Å². The molecule has 7 aromatic rings. The van der Waals surface area contributed by atoms with E-state index in [0.717, 1.165) is 43.8 Å². The lowest BCUT2D eigenvalue weighted by molar-refractivity contribution is -0.138. The van der Waals surface area contributed by atoms with Gasteiger partial charge in [0, 0.05) is 70.3 Å². The van der Waals surface area contributed by atoms with Crippen LogP contribution in [-0.4, -0.2) is 45.2 Å². The molecule has 3 heterocycles. The molecule has 0 atom stereocenters. The van der Waals surface area contributed by atoms with E-state index in [-0.39, 0.29) is 12.8 Å². The fourth-order valence-electron chi connectivity index (χ4n) is 5.94. The number of hydrogen-bond donors (Lipinski definition) is 3. The molecule has 7 rings (SSSR count). The highest BCUT2D eigenvalue weighted by molar-refractivity contribution is 6.34. The van der Waals surface area contributed by atoms with Gasteiger partial charge >= 0.3 is 11.9 Å². The highest BCUT2D eigenvalue weighted by atomic mass is 16.4. The summed E-state index contributed by atoms with van der Waals surface area (Å²) in [5.74, 6) is -1.34. The number of furan rings is 1. The van der Waals surface area contributed by atoms with Gasteiger partial charge in [-0.25, -0.2) is 4.98 Å². The lowest BCUT2D eigenvalue weighted by Gasteiger charge is -2.24. The molecular formula is C34H26N4O6. The fourth-order valence-corrected chi connectivity index (χ4v) is 5.94. The Morgan fingerprint density at radius 3 is 2.30 bits per heavy atom. The second-order valence-corrected chi connectivity index (χ2v) is 10.8. The van der Waals surface area contributed by atoms with Gasteiger partial charge in [0.2, 0.25) is 5.89 Å². The molecule has 10 heteroatoms. The Morgan fingerprint density at radius 1 is 0.864 bits per heavy atom. The van der Waals surface area contributed by atoms with Gasteiger partial charge in [0.25, 0.3) is 0 Å². The Balaban J connectivity index is 1.42. The maximum absolute atomic E-state index is 11.2. The Morgan fingerprint density at radius 2 is 1.59 bits per heavy atom. The van der Waals surface area contributed by atoms with Gasteiger partial charge in [-0.1, -0.05) is 18.2 Å². The number of carbonyl (C=O) groups is 2. The first-order valence-corrected chi connectivity index (χ1v) is 14.3. The van der Waals surface area contributed by atoms with Crippen LogP contribution in [0.5, 0.6) is 0 Å². The number of carboxylic acid groups (broad SMARTS) is 2. The van der Waals surface area contributed by atoms with E-state index >= 15 is 0 Å². The van der Waals surface area contributed by atoms with Gasteiger partial charge < -0.3 is 28.9 Å². The van der Waals surface area contributed by atoms with Crippen LogP contribution in [0.1, 0.15) is 31.2 Å². The molecule has 0 amide bonds. The molecule has 44 heavy (non-hydrogen) atoms. The number of para-hydroxylation sites is 1. The minimum Gasteiger partial charge on any atom is -0.481 e. The number of nitrogens with zero attached hydrogens (tertiary/aromatic N) is 3. The van der Waals surface area contributed by atoms with Crippen LogP contribution >= 0.6 is 0 Å². The molecule has 3 aromatic heterocycles. The van der Waals surface area contributed by atoms with Crippen LogP contribution in [0.25, 0.3) is 66.3 Å². The van der Waals surface area contributed by atoms with E-state index in [0.29, 0.717) is 59.7 Å². The van der Waals surface area contributed by atoms with Crippen molar-refractivity contribution in [2.75, 3.05) is 18.0 Å². The third kappa shape index (κ3) is 4.65. The van der Waals surface area contributed by atoms with Gasteiger partial charge in [-0.15, -0.1) is 0 Å². The number of oxazole rings is 1. The van der Waals surface area contributed by atoms with E-state index < -0.39 is 11.9 Å². The molecule has 3 N–H and O–H groups in total. The second-order valence-electron chi connectivity index (χ2n) is 10.8. The predicted molar refractivity (Wildman–Crippen MR) is 167 cm³/mol. The average molecular weight is 587 g/mol. The summed E-state index contributed by atoms with van der Waals surface area (Å²) in [6, 6.07) is 23.1. The number of hydrogen-bond acceptors (Lipinski definition) is 7. The molecule has 0 saturated carbocycles. The highest BCUT2D eigenvalue weighted by Gasteiger charge is 2.24. The molecule has 0 aliphatic rings. The van der Waals surface area contributed by atoms with Crippen LogP contribution < -0.4 is 4.90 Å². The van der Waals surface area contributed by atoms with Crippen molar-refractivity contribution in [3.8, 4) is 17.5 Å². The van der Waals surface area contributed by atoms with Gasteiger partial charge in [0.15, 0.2) is 16.7 Å². The molecule has 0 unspecified atom stereocenters. The zero-order chi connectivity index (χ0) is 30.4. The molecule has 0 aliphatic carbocycles. The van der Waals surface area contributed by atoms with Crippen LogP contribution in [0.4, 0.5) is 5.69 Å². The predicted octanol–water partition coefficient (Wildman–Crippen LogP) is 7.44. The molecule has 218 valence electrons. The van der Waals surface area contributed by atoms with Crippen molar-refractivity contribution in [1.82, 2.24) is 9.97 Å². The number of fused-ring (bicyclic) bond motifs is 10. The van der Waals surface area contributed by atoms with Crippen LogP contribution in [0.2, 0.25) is 0 Å². The van der Waals surface area contributed by atoms with E-state index in [1.807, 2.05) is 41.3 Å². The average Bonchev–Trinajstić information content (AvgIpc) is 3.73. The molecule has 4 aromatic carbocycles. The Labute approximate surface area is 249 Å². The third-order valence-corrected chi connectivity index (χ3v) is 7.96. The monoisotopic (exact) mass is 586 g/mol. The second kappa shape index (κ2) is 10.8. The van der Waals surface area contributed by atoms with Crippen molar-refractivity contribution in [2.45, 2.75) is 25.7 Å². The fraction of sp³-hybridized carbons (Fsp3) is 0.176. The number of aromatic amines is 1. The Kier molecular flexibility index (Phi) is 6.63. The van der Waals surface area contributed by atoms with Crippen molar-refractivity contribution >= 4 is 72.5 Å². The van der Waals surface area contributed by atoms with E-state index in [1.54, 1.807) is 24.3 Å². The SMILES string of the molecule is N#Cc1ccc(-c2nc3c(o2)c2[nH]c4ccccc4c2c2c4ccc(N(CCCC(=O)O)CCCC(=O)O)cc4oc32)cc1. The summed E-state index contributed by atoms with van der Waals surface area (Å²) in [4.78, 5) is 32.7. The summed E-state index contributed by atoms with van der Waals surface area (Å²) >= 11 is 0. The summed E-state index contributed by atoms with van der Waals surface area (Å²) in [5, 5.41) is 31.3. The van der Waals surface area contributed by atoms with Crippen molar-refractivity contribution in [3.63, 3.8) is 0 Å². The number of nitriles is 1. The number of benzene rings is 4. The summed E-state index contributed by atoms with van der Waals surface area (Å²) in [6.07, 6.45) is 0.890. The maximum Gasteiger partial charge on any atom is 0.303 e. The van der Waals surface area contributed by atoms with E-state index in [4.69, 9.17) is 24.0 Å². The van der Waals surface area contributed by atoms with Crippen LogP contribution in [0, 0.1) is 11.3 Å². The lowest BCUT2D eigenvalue weighted by atomic mass is 10.0. The zero-order valence-corrected chi connectivity index (χ0v) is 23.5. The molecule has 0 spiro atoms. The Bertz CT molecular complexity index is 2250. The lowest BCUT2D eigenvalue weighted by Crippen LogP contribution is -2.26. The summed E-state index contributed by atoms with van der Waals surface area (Å²) in [5.41, 5.74) is 6.17. The van der Waals surface area contributed by atoms with Gasteiger partial charge in [-0.2, -0.15) is 5.26 Å². The van der Waals surface area contributed by atoms with Gasteiger partial charge in [0.05, 0.1) is 17.1 Å². The van der Waals surface area contributed by atoms with Crippen LogP contribution in [-0.2, 0) is 9.59 Å². The first-order valence-electron chi connectivity index (χ1n) is 14.3. The summed E-state index contributed by atoms with van der Waals surface area (Å²) in [7, 11) is 0. The van der Waals surface area contributed by atoms with Crippen LogP contribution in [0.15, 0.2) is 75.6 Å². The smallest absolute Gasteiger partial charge is 0.303 e. The topological polar surface area (TPSA) is 157 Å². The zero-order valence-electron chi connectivity index (χ0n) is 23.5. The number of anilines is 1. The largest absolute Gasteiger partial charge is 0.481 e. The Hall–Kier alpha value is -5.82. The van der Waals surface area contributed by atoms with E-state index in [9.17, 15) is 14.9 Å².